The highest BCUT2D eigenvalue weighted by atomic mass is 32.2. The maximum absolute atomic E-state index is 11.3. The average Bonchev–Trinajstić information content (AvgIpc) is 2.74. The van der Waals surface area contributed by atoms with Crippen LogP contribution in [-0.2, 0) is 23.3 Å². The molecular weight excluding hydrogens is 264 g/mol. The molecule has 0 bridgehead atoms. The summed E-state index contributed by atoms with van der Waals surface area (Å²) in [7, 11) is -1.34. The van der Waals surface area contributed by atoms with E-state index in [0.29, 0.717) is 12.0 Å². The highest BCUT2D eigenvalue weighted by Gasteiger charge is 2.13. The van der Waals surface area contributed by atoms with Gasteiger partial charge in [-0.15, -0.1) is 0 Å². The third-order valence-corrected chi connectivity index (χ3v) is 4.12. The Morgan fingerprint density at radius 3 is 2.42 bits per heavy atom. The van der Waals surface area contributed by atoms with Crippen molar-refractivity contribution in [1.82, 2.24) is 9.55 Å². The molecule has 2 aromatic rings. The summed E-state index contributed by atoms with van der Waals surface area (Å²) in [6.45, 7) is 0. The van der Waals surface area contributed by atoms with Crippen LogP contribution in [0.1, 0.15) is 17.5 Å². The predicted molar refractivity (Wildman–Crippen MR) is 71.4 cm³/mol. The first-order chi connectivity index (χ1) is 8.88. The molecule has 1 unspecified atom stereocenters. The fraction of sp³-hybridized carbons (Fsp3) is 0.308. The number of hydrogen-bond acceptors (Lipinski definition) is 4. The van der Waals surface area contributed by atoms with Crippen LogP contribution < -0.4 is 0 Å². The SMILES string of the molecule is Cn1ccnc1CC(O)c1ccc(S(C)(=O)=O)cc1. The summed E-state index contributed by atoms with van der Waals surface area (Å²) in [5.74, 6) is 0.777. The van der Waals surface area contributed by atoms with Crippen molar-refractivity contribution < 1.29 is 13.5 Å². The molecule has 102 valence electrons. The van der Waals surface area contributed by atoms with Crippen molar-refractivity contribution >= 4 is 9.84 Å². The molecule has 6 heteroatoms. The first kappa shape index (κ1) is 13.8. The van der Waals surface area contributed by atoms with Crippen LogP contribution in [0, 0.1) is 0 Å². The summed E-state index contributed by atoms with van der Waals surface area (Å²) in [5, 5.41) is 10.1. The van der Waals surface area contributed by atoms with Gasteiger partial charge in [0.05, 0.1) is 11.0 Å². The lowest BCUT2D eigenvalue weighted by atomic mass is 10.1. The number of rotatable bonds is 4. The Morgan fingerprint density at radius 2 is 1.95 bits per heavy atom. The van der Waals surface area contributed by atoms with E-state index in [9.17, 15) is 13.5 Å². The minimum Gasteiger partial charge on any atom is -0.388 e. The number of aliphatic hydroxyl groups excluding tert-OH is 1. The number of imidazole rings is 1. The topological polar surface area (TPSA) is 72.2 Å². The van der Waals surface area contributed by atoms with E-state index in [2.05, 4.69) is 4.98 Å². The molecule has 1 heterocycles. The molecule has 0 amide bonds. The summed E-state index contributed by atoms with van der Waals surface area (Å²) >= 11 is 0. The molecule has 2 rings (SSSR count). The molecule has 1 N–H and O–H groups in total. The van der Waals surface area contributed by atoms with Crippen molar-refractivity contribution in [2.45, 2.75) is 17.4 Å². The Bertz CT molecular complexity index is 659. The molecule has 0 saturated carbocycles. The van der Waals surface area contributed by atoms with Crippen LogP contribution in [0.3, 0.4) is 0 Å². The Labute approximate surface area is 112 Å². The lowest BCUT2D eigenvalue weighted by molar-refractivity contribution is 0.175. The second-order valence-electron chi connectivity index (χ2n) is 4.52. The van der Waals surface area contributed by atoms with Crippen molar-refractivity contribution in [3.8, 4) is 0 Å². The van der Waals surface area contributed by atoms with Gasteiger partial charge in [-0.05, 0) is 17.7 Å². The molecule has 0 saturated heterocycles. The van der Waals surface area contributed by atoms with Crippen LogP contribution in [0.2, 0.25) is 0 Å². The molecule has 1 atom stereocenters. The van der Waals surface area contributed by atoms with Crippen LogP contribution in [-0.4, -0.2) is 29.3 Å². The minimum atomic E-state index is -3.20. The normalized spacial score (nSPS) is 13.4. The number of benzene rings is 1. The minimum absolute atomic E-state index is 0.250. The van der Waals surface area contributed by atoms with Crippen molar-refractivity contribution in [2.24, 2.45) is 7.05 Å². The zero-order valence-electron chi connectivity index (χ0n) is 10.8. The quantitative estimate of drug-likeness (QED) is 0.910. The van der Waals surface area contributed by atoms with Crippen molar-refractivity contribution in [3.05, 3.63) is 48.0 Å². The molecular formula is C13H16N2O3S. The molecule has 1 aromatic carbocycles. The van der Waals surface area contributed by atoms with Gasteiger partial charge >= 0.3 is 0 Å². The molecule has 5 nitrogen and oxygen atoms in total. The van der Waals surface area contributed by atoms with E-state index in [0.717, 1.165) is 12.1 Å². The number of aliphatic hydroxyl groups is 1. The van der Waals surface area contributed by atoms with Crippen LogP contribution >= 0.6 is 0 Å². The summed E-state index contributed by atoms with van der Waals surface area (Å²) in [5.41, 5.74) is 0.676. The van der Waals surface area contributed by atoms with E-state index < -0.39 is 15.9 Å². The molecule has 0 fully saturated rings. The maximum Gasteiger partial charge on any atom is 0.175 e. The molecule has 0 radical (unpaired) electrons. The number of nitrogens with zero attached hydrogens (tertiary/aromatic N) is 2. The fourth-order valence-corrected chi connectivity index (χ4v) is 2.45. The van der Waals surface area contributed by atoms with Crippen LogP contribution in [0.5, 0.6) is 0 Å². The average molecular weight is 280 g/mol. The second-order valence-corrected chi connectivity index (χ2v) is 6.53. The largest absolute Gasteiger partial charge is 0.388 e. The smallest absolute Gasteiger partial charge is 0.175 e. The van der Waals surface area contributed by atoms with Crippen LogP contribution in [0.15, 0.2) is 41.6 Å². The molecule has 0 aliphatic heterocycles. The van der Waals surface area contributed by atoms with E-state index >= 15 is 0 Å². The monoisotopic (exact) mass is 280 g/mol. The summed E-state index contributed by atoms with van der Waals surface area (Å²) in [6.07, 6.45) is 4.34. The van der Waals surface area contributed by atoms with Gasteiger partial charge < -0.3 is 9.67 Å². The Hall–Kier alpha value is -1.66. The lowest BCUT2D eigenvalue weighted by Crippen LogP contribution is -2.07. The third-order valence-electron chi connectivity index (χ3n) is 2.99. The van der Waals surface area contributed by atoms with E-state index in [1.807, 2.05) is 17.8 Å². The number of sulfone groups is 1. The summed E-state index contributed by atoms with van der Waals surface area (Å²) in [6, 6.07) is 6.27. The molecule has 0 spiro atoms. The van der Waals surface area contributed by atoms with Crippen molar-refractivity contribution in [1.29, 1.82) is 0 Å². The molecule has 0 aliphatic carbocycles. The van der Waals surface area contributed by atoms with Gasteiger partial charge in [-0.1, -0.05) is 12.1 Å². The van der Waals surface area contributed by atoms with Crippen LogP contribution in [0.4, 0.5) is 0 Å². The summed E-state index contributed by atoms with van der Waals surface area (Å²) in [4.78, 5) is 4.40. The number of hydrogen-bond donors (Lipinski definition) is 1. The molecule has 0 aliphatic rings. The van der Waals surface area contributed by atoms with E-state index in [4.69, 9.17) is 0 Å². The highest BCUT2D eigenvalue weighted by molar-refractivity contribution is 7.90. The standard InChI is InChI=1S/C13H16N2O3S/c1-15-8-7-14-13(15)9-12(16)10-3-5-11(6-4-10)19(2,17)18/h3-8,12,16H,9H2,1-2H3. The predicted octanol–water partition coefficient (Wildman–Crippen LogP) is 1.10. The number of aryl methyl sites for hydroxylation is 1. The summed E-state index contributed by atoms with van der Waals surface area (Å²) < 4.78 is 24.5. The third kappa shape index (κ3) is 3.21. The first-order valence-corrected chi connectivity index (χ1v) is 7.71. The highest BCUT2D eigenvalue weighted by Crippen LogP contribution is 2.19. The Kier molecular flexibility index (Phi) is 3.73. The second kappa shape index (κ2) is 5.14. The zero-order chi connectivity index (χ0) is 14.0. The van der Waals surface area contributed by atoms with E-state index in [1.165, 1.54) is 12.1 Å². The van der Waals surface area contributed by atoms with Gasteiger partial charge in [0.25, 0.3) is 0 Å². The number of aromatic nitrogens is 2. The van der Waals surface area contributed by atoms with Gasteiger partial charge in [0.1, 0.15) is 5.82 Å². The van der Waals surface area contributed by atoms with Crippen LogP contribution in [0.25, 0.3) is 0 Å². The van der Waals surface area contributed by atoms with Gasteiger partial charge in [0.2, 0.25) is 0 Å². The van der Waals surface area contributed by atoms with E-state index in [-0.39, 0.29) is 4.90 Å². The molecule has 1 aromatic heterocycles. The Morgan fingerprint density at radius 1 is 1.32 bits per heavy atom. The fourth-order valence-electron chi connectivity index (χ4n) is 1.82. The lowest BCUT2D eigenvalue weighted by Gasteiger charge is -2.11. The Balaban J connectivity index is 2.16. The van der Waals surface area contributed by atoms with Crippen molar-refractivity contribution in [2.75, 3.05) is 6.26 Å². The molecule has 19 heavy (non-hydrogen) atoms. The van der Waals surface area contributed by atoms with Gasteiger partial charge in [0, 0.05) is 32.1 Å². The van der Waals surface area contributed by atoms with Gasteiger partial charge in [0.15, 0.2) is 9.84 Å². The van der Waals surface area contributed by atoms with Gasteiger partial charge in [-0.25, -0.2) is 13.4 Å². The van der Waals surface area contributed by atoms with Gasteiger partial charge in [-0.2, -0.15) is 0 Å². The van der Waals surface area contributed by atoms with Gasteiger partial charge in [-0.3, -0.25) is 0 Å². The maximum atomic E-state index is 11.3. The van der Waals surface area contributed by atoms with Crippen molar-refractivity contribution in [3.63, 3.8) is 0 Å². The van der Waals surface area contributed by atoms with E-state index in [1.54, 1.807) is 18.3 Å². The first-order valence-electron chi connectivity index (χ1n) is 5.82. The zero-order valence-corrected chi connectivity index (χ0v) is 11.6.